The summed E-state index contributed by atoms with van der Waals surface area (Å²) in [5, 5.41) is 7.34. The van der Waals surface area contributed by atoms with E-state index in [1.165, 1.54) is 0 Å². The first-order chi connectivity index (χ1) is 6.63. The van der Waals surface area contributed by atoms with Crippen LogP contribution >= 0.6 is 0 Å². The van der Waals surface area contributed by atoms with E-state index >= 15 is 0 Å². The lowest BCUT2D eigenvalue weighted by atomic mass is 10.2. The summed E-state index contributed by atoms with van der Waals surface area (Å²) in [5.41, 5.74) is 1.16. The Balaban J connectivity index is 2.54. The zero-order valence-corrected chi connectivity index (χ0v) is 9.32. The fourth-order valence-electron chi connectivity index (χ4n) is 1.25. The zero-order chi connectivity index (χ0) is 10.6. The highest BCUT2D eigenvalue weighted by molar-refractivity contribution is 5.09. The largest absolute Gasteiger partial charge is 0.377 e. The van der Waals surface area contributed by atoms with E-state index in [0.29, 0.717) is 6.61 Å². The standard InChI is InChI=1S/C10H19N3O/c1-8(2)14-7-10(11-3)9-5-12-13(4)6-9/h5-6,8,10-11H,7H2,1-4H3. The van der Waals surface area contributed by atoms with Crippen LogP contribution in [0.4, 0.5) is 0 Å². The third-order valence-electron chi connectivity index (χ3n) is 2.07. The first-order valence-corrected chi connectivity index (χ1v) is 4.91. The van der Waals surface area contributed by atoms with Crippen LogP contribution in [0.1, 0.15) is 25.5 Å². The fourth-order valence-corrected chi connectivity index (χ4v) is 1.25. The molecule has 1 unspecified atom stereocenters. The SMILES string of the molecule is CNC(COC(C)C)c1cnn(C)c1. The molecule has 0 spiro atoms. The molecular formula is C10H19N3O. The molecule has 0 saturated heterocycles. The number of hydrogen-bond donors (Lipinski definition) is 1. The average Bonchev–Trinajstić information content (AvgIpc) is 2.53. The number of rotatable bonds is 5. The normalized spacial score (nSPS) is 13.5. The first-order valence-electron chi connectivity index (χ1n) is 4.91. The highest BCUT2D eigenvalue weighted by Crippen LogP contribution is 2.11. The Morgan fingerprint density at radius 3 is 2.71 bits per heavy atom. The van der Waals surface area contributed by atoms with Crippen LogP contribution in [0, 0.1) is 0 Å². The topological polar surface area (TPSA) is 39.1 Å². The first kappa shape index (κ1) is 11.2. The Hall–Kier alpha value is -0.870. The Bertz CT molecular complexity index is 270. The lowest BCUT2D eigenvalue weighted by molar-refractivity contribution is 0.0626. The predicted octanol–water partition coefficient (Wildman–Crippen LogP) is 1.11. The van der Waals surface area contributed by atoms with Gasteiger partial charge in [-0.1, -0.05) is 0 Å². The van der Waals surface area contributed by atoms with Crippen molar-refractivity contribution in [3.05, 3.63) is 18.0 Å². The summed E-state index contributed by atoms with van der Waals surface area (Å²) in [6.45, 7) is 4.76. The van der Waals surface area contributed by atoms with Crippen LogP contribution in [-0.4, -0.2) is 29.5 Å². The van der Waals surface area contributed by atoms with Gasteiger partial charge in [0, 0.05) is 18.8 Å². The maximum Gasteiger partial charge on any atom is 0.0666 e. The van der Waals surface area contributed by atoms with Gasteiger partial charge in [-0.3, -0.25) is 4.68 Å². The van der Waals surface area contributed by atoms with Gasteiger partial charge in [-0.15, -0.1) is 0 Å². The predicted molar refractivity (Wildman–Crippen MR) is 56.1 cm³/mol. The van der Waals surface area contributed by atoms with E-state index in [0.717, 1.165) is 5.56 Å². The van der Waals surface area contributed by atoms with Crippen LogP contribution in [0.2, 0.25) is 0 Å². The van der Waals surface area contributed by atoms with Gasteiger partial charge in [0.05, 0.1) is 24.9 Å². The third-order valence-corrected chi connectivity index (χ3v) is 2.07. The molecule has 0 aliphatic heterocycles. The summed E-state index contributed by atoms with van der Waals surface area (Å²) in [6, 6.07) is 0.228. The average molecular weight is 197 g/mol. The molecule has 0 fully saturated rings. The minimum absolute atomic E-state index is 0.228. The fraction of sp³-hybridized carbons (Fsp3) is 0.700. The summed E-state index contributed by atoms with van der Waals surface area (Å²) >= 11 is 0. The van der Waals surface area contributed by atoms with E-state index < -0.39 is 0 Å². The second-order valence-corrected chi connectivity index (χ2v) is 3.67. The van der Waals surface area contributed by atoms with Crippen molar-refractivity contribution in [2.24, 2.45) is 7.05 Å². The lowest BCUT2D eigenvalue weighted by Crippen LogP contribution is -2.23. The van der Waals surface area contributed by atoms with Crippen molar-refractivity contribution < 1.29 is 4.74 Å². The molecule has 0 saturated carbocycles. The zero-order valence-electron chi connectivity index (χ0n) is 9.32. The van der Waals surface area contributed by atoms with E-state index in [-0.39, 0.29) is 12.1 Å². The molecule has 1 aromatic rings. The molecule has 1 N–H and O–H groups in total. The highest BCUT2D eigenvalue weighted by Gasteiger charge is 2.11. The van der Waals surface area contributed by atoms with Gasteiger partial charge in [0.25, 0.3) is 0 Å². The molecule has 0 aliphatic rings. The molecule has 4 heteroatoms. The summed E-state index contributed by atoms with van der Waals surface area (Å²) in [4.78, 5) is 0. The third kappa shape index (κ3) is 3.12. The lowest BCUT2D eigenvalue weighted by Gasteiger charge is -2.16. The number of aromatic nitrogens is 2. The molecule has 1 atom stereocenters. The highest BCUT2D eigenvalue weighted by atomic mass is 16.5. The monoisotopic (exact) mass is 197 g/mol. The van der Waals surface area contributed by atoms with E-state index in [2.05, 4.69) is 10.4 Å². The molecule has 0 radical (unpaired) electrons. The van der Waals surface area contributed by atoms with E-state index in [1.54, 1.807) is 4.68 Å². The number of aryl methyl sites for hydroxylation is 1. The number of hydrogen-bond acceptors (Lipinski definition) is 3. The van der Waals surface area contributed by atoms with Crippen molar-refractivity contribution in [1.29, 1.82) is 0 Å². The molecular weight excluding hydrogens is 178 g/mol. The molecule has 14 heavy (non-hydrogen) atoms. The van der Waals surface area contributed by atoms with Crippen molar-refractivity contribution in [2.45, 2.75) is 26.0 Å². The van der Waals surface area contributed by atoms with Gasteiger partial charge < -0.3 is 10.1 Å². The van der Waals surface area contributed by atoms with Gasteiger partial charge in [-0.05, 0) is 20.9 Å². The van der Waals surface area contributed by atoms with Crippen molar-refractivity contribution in [1.82, 2.24) is 15.1 Å². The molecule has 0 aromatic carbocycles. The second kappa shape index (κ2) is 5.12. The molecule has 1 rings (SSSR count). The summed E-state index contributed by atoms with van der Waals surface area (Å²) in [7, 11) is 3.85. The molecule has 0 amide bonds. The molecule has 1 heterocycles. The maximum absolute atomic E-state index is 5.56. The van der Waals surface area contributed by atoms with Crippen molar-refractivity contribution in [3.8, 4) is 0 Å². The number of nitrogens with one attached hydrogen (secondary N) is 1. The molecule has 1 aromatic heterocycles. The van der Waals surface area contributed by atoms with Crippen molar-refractivity contribution in [2.75, 3.05) is 13.7 Å². The van der Waals surface area contributed by atoms with Crippen LogP contribution in [0.25, 0.3) is 0 Å². The minimum atomic E-state index is 0.228. The van der Waals surface area contributed by atoms with Crippen LogP contribution in [0.15, 0.2) is 12.4 Å². The Morgan fingerprint density at radius 1 is 1.57 bits per heavy atom. The van der Waals surface area contributed by atoms with Gasteiger partial charge in [0.2, 0.25) is 0 Å². The van der Waals surface area contributed by atoms with Crippen LogP contribution < -0.4 is 5.32 Å². The molecule has 0 bridgehead atoms. The smallest absolute Gasteiger partial charge is 0.0666 e. The molecule has 80 valence electrons. The Kier molecular flexibility index (Phi) is 4.10. The van der Waals surface area contributed by atoms with Gasteiger partial charge in [0.15, 0.2) is 0 Å². The second-order valence-electron chi connectivity index (χ2n) is 3.67. The van der Waals surface area contributed by atoms with Gasteiger partial charge in [0.1, 0.15) is 0 Å². The van der Waals surface area contributed by atoms with E-state index in [9.17, 15) is 0 Å². The van der Waals surface area contributed by atoms with E-state index in [4.69, 9.17) is 4.74 Å². The van der Waals surface area contributed by atoms with Crippen molar-refractivity contribution in [3.63, 3.8) is 0 Å². The molecule has 0 aliphatic carbocycles. The minimum Gasteiger partial charge on any atom is -0.377 e. The Morgan fingerprint density at radius 2 is 2.29 bits per heavy atom. The Labute approximate surface area is 85.3 Å². The number of nitrogens with zero attached hydrogens (tertiary/aromatic N) is 2. The van der Waals surface area contributed by atoms with Crippen molar-refractivity contribution >= 4 is 0 Å². The summed E-state index contributed by atoms with van der Waals surface area (Å²) in [5.74, 6) is 0. The maximum atomic E-state index is 5.56. The van der Waals surface area contributed by atoms with Crippen LogP contribution in [0.3, 0.4) is 0 Å². The van der Waals surface area contributed by atoms with Gasteiger partial charge in [-0.2, -0.15) is 5.10 Å². The van der Waals surface area contributed by atoms with E-state index in [1.807, 2.05) is 40.3 Å². The number of likely N-dealkylation sites (N-methyl/N-ethyl adjacent to an activating group) is 1. The van der Waals surface area contributed by atoms with Gasteiger partial charge in [-0.25, -0.2) is 0 Å². The van der Waals surface area contributed by atoms with Gasteiger partial charge >= 0.3 is 0 Å². The summed E-state index contributed by atoms with van der Waals surface area (Å²) in [6.07, 6.45) is 4.14. The van der Waals surface area contributed by atoms with Crippen LogP contribution in [-0.2, 0) is 11.8 Å². The summed E-state index contributed by atoms with van der Waals surface area (Å²) < 4.78 is 7.36. The molecule has 4 nitrogen and oxygen atoms in total. The quantitative estimate of drug-likeness (QED) is 0.768. The van der Waals surface area contributed by atoms with Crippen LogP contribution in [0.5, 0.6) is 0 Å². The number of ether oxygens (including phenoxy) is 1.